The van der Waals surface area contributed by atoms with E-state index in [1.54, 1.807) is 16.8 Å². The van der Waals surface area contributed by atoms with Crippen LogP contribution < -0.4 is 10.9 Å². The molecule has 3 rings (SSSR count). The molecule has 1 N–H and O–H groups in total. The topological polar surface area (TPSA) is 73.2 Å². The van der Waals surface area contributed by atoms with Crippen LogP contribution in [0.2, 0.25) is 0 Å². The molecular weight excluding hydrogens is 282 g/mol. The minimum absolute atomic E-state index is 0.0202. The molecule has 0 spiro atoms. The van der Waals surface area contributed by atoms with E-state index in [2.05, 4.69) is 10.4 Å². The van der Waals surface area contributed by atoms with Crippen LogP contribution in [-0.2, 0) is 9.53 Å². The lowest BCUT2D eigenvalue weighted by Gasteiger charge is -2.30. The molecule has 2 fully saturated rings. The molecule has 1 aliphatic carbocycles. The number of aromatic nitrogens is 2. The highest BCUT2D eigenvalue weighted by atomic mass is 16.5. The Hall–Kier alpha value is -1.69. The molecule has 6 heteroatoms. The Balaban J connectivity index is 1.55. The highest BCUT2D eigenvalue weighted by molar-refractivity contribution is 5.81. The third-order valence-corrected chi connectivity index (χ3v) is 4.57. The molecule has 6 nitrogen and oxygen atoms in total. The first-order valence-corrected chi connectivity index (χ1v) is 8.12. The minimum atomic E-state index is -0.265. The van der Waals surface area contributed by atoms with Crippen LogP contribution in [0.5, 0.6) is 0 Å². The summed E-state index contributed by atoms with van der Waals surface area (Å²) in [5.74, 6) is 0.0202. The second kappa shape index (κ2) is 6.60. The minimum Gasteiger partial charge on any atom is -0.368 e. The summed E-state index contributed by atoms with van der Waals surface area (Å²) >= 11 is 0. The Kier molecular flexibility index (Phi) is 4.57. The fourth-order valence-electron chi connectivity index (χ4n) is 3.33. The van der Waals surface area contributed by atoms with Gasteiger partial charge in [0.1, 0.15) is 6.10 Å². The number of carbonyl (C=O) groups is 1. The molecule has 0 radical (unpaired) electrons. The Morgan fingerprint density at radius 2 is 2.05 bits per heavy atom. The van der Waals surface area contributed by atoms with Crippen molar-refractivity contribution in [1.82, 2.24) is 15.1 Å². The molecule has 1 aromatic rings. The lowest BCUT2D eigenvalue weighted by Crippen LogP contribution is -2.43. The van der Waals surface area contributed by atoms with Crippen molar-refractivity contribution in [3.63, 3.8) is 0 Å². The van der Waals surface area contributed by atoms with Crippen molar-refractivity contribution in [2.24, 2.45) is 0 Å². The molecule has 0 bridgehead atoms. The molecule has 1 unspecified atom stereocenters. The van der Waals surface area contributed by atoms with E-state index in [4.69, 9.17) is 4.74 Å². The first-order valence-electron chi connectivity index (χ1n) is 8.12. The van der Waals surface area contributed by atoms with Crippen LogP contribution in [0, 0.1) is 6.92 Å². The third-order valence-electron chi connectivity index (χ3n) is 4.57. The van der Waals surface area contributed by atoms with Crippen molar-refractivity contribution in [2.45, 2.75) is 63.6 Å². The Morgan fingerprint density at radius 3 is 2.73 bits per heavy atom. The molecule has 1 saturated heterocycles. The second-order valence-corrected chi connectivity index (χ2v) is 6.27. The number of nitrogens with zero attached hydrogens (tertiary/aromatic N) is 2. The second-order valence-electron chi connectivity index (χ2n) is 6.27. The molecule has 1 aliphatic heterocycles. The summed E-state index contributed by atoms with van der Waals surface area (Å²) in [6.45, 7) is 2.58. The normalized spacial score (nSPS) is 28.5. The van der Waals surface area contributed by atoms with Gasteiger partial charge in [0.05, 0.1) is 11.7 Å². The maximum atomic E-state index is 12.1. The number of ether oxygens (including phenoxy) is 1. The fraction of sp³-hybridized carbons (Fsp3) is 0.688. The van der Waals surface area contributed by atoms with Crippen molar-refractivity contribution in [1.29, 1.82) is 0 Å². The van der Waals surface area contributed by atoms with Gasteiger partial charge in [-0.15, -0.1) is 0 Å². The fourth-order valence-corrected chi connectivity index (χ4v) is 3.33. The van der Waals surface area contributed by atoms with E-state index < -0.39 is 0 Å². The van der Waals surface area contributed by atoms with Crippen molar-refractivity contribution >= 4 is 5.91 Å². The molecule has 1 aromatic heterocycles. The molecule has 22 heavy (non-hydrogen) atoms. The van der Waals surface area contributed by atoms with E-state index in [9.17, 15) is 9.59 Å². The van der Waals surface area contributed by atoms with Gasteiger partial charge in [0.25, 0.3) is 5.56 Å². The van der Waals surface area contributed by atoms with Crippen molar-refractivity contribution in [3.8, 4) is 0 Å². The molecule has 2 aliphatic rings. The number of carbonyl (C=O) groups excluding carboxylic acids is 1. The number of nitrogens with one attached hydrogen (secondary N) is 1. The van der Waals surface area contributed by atoms with E-state index in [-0.39, 0.29) is 29.7 Å². The molecule has 0 aromatic carbocycles. The predicted molar refractivity (Wildman–Crippen MR) is 81.6 cm³/mol. The van der Waals surface area contributed by atoms with Crippen LogP contribution in [0.15, 0.2) is 16.9 Å². The molecule has 2 heterocycles. The Bertz CT molecular complexity index is 585. The maximum Gasteiger partial charge on any atom is 0.267 e. The molecule has 1 saturated carbocycles. The summed E-state index contributed by atoms with van der Waals surface area (Å²) in [7, 11) is 0. The van der Waals surface area contributed by atoms with Crippen LogP contribution in [-0.4, -0.2) is 34.4 Å². The van der Waals surface area contributed by atoms with Gasteiger partial charge in [0.15, 0.2) is 0 Å². The van der Waals surface area contributed by atoms with E-state index in [0.29, 0.717) is 6.61 Å². The highest BCUT2D eigenvalue weighted by Crippen LogP contribution is 2.27. The maximum absolute atomic E-state index is 12.1. The number of aryl methyl sites for hydroxylation is 1. The largest absolute Gasteiger partial charge is 0.368 e. The van der Waals surface area contributed by atoms with Crippen LogP contribution in [0.1, 0.15) is 50.3 Å². The third kappa shape index (κ3) is 3.38. The SMILES string of the molecule is Cc1ccc(=O)n(C2CCC(NC(=O)C3CCCO3)CC2)n1. The predicted octanol–water partition coefficient (Wildman–Crippen LogP) is 1.33. The summed E-state index contributed by atoms with van der Waals surface area (Å²) < 4.78 is 7.01. The van der Waals surface area contributed by atoms with Gasteiger partial charge in [-0.25, -0.2) is 4.68 Å². The van der Waals surface area contributed by atoms with Gasteiger partial charge in [-0.05, 0) is 51.5 Å². The molecule has 1 amide bonds. The zero-order valence-electron chi connectivity index (χ0n) is 13.0. The molecular formula is C16H23N3O3. The highest BCUT2D eigenvalue weighted by Gasteiger charge is 2.28. The summed E-state index contributed by atoms with van der Waals surface area (Å²) in [6.07, 6.45) is 5.02. The van der Waals surface area contributed by atoms with Crippen LogP contribution in [0.25, 0.3) is 0 Å². The van der Waals surface area contributed by atoms with Crippen molar-refractivity contribution in [2.75, 3.05) is 6.61 Å². The lowest BCUT2D eigenvalue weighted by atomic mass is 9.91. The van der Waals surface area contributed by atoms with Crippen molar-refractivity contribution in [3.05, 3.63) is 28.2 Å². The van der Waals surface area contributed by atoms with E-state index in [1.165, 1.54) is 0 Å². The van der Waals surface area contributed by atoms with Crippen molar-refractivity contribution < 1.29 is 9.53 Å². The van der Waals surface area contributed by atoms with E-state index in [0.717, 1.165) is 44.2 Å². The first kappa shape index (κ1) is 15.2. The Labute approximate surface area is 129 Å². The Morgan fingerprint density at radius 1 is 1.27 bits per heavy atom. The van der Waals surface area contributed by atoms with Gasteiger partial charge < -0.3 is 10.1 Å². The van der Waals surface area contributed by atoms with Gasteiger partial charge in [-0.2, -0.15) is 5.10 Å². The van der Waals surface area contributed by atoms with Gasteiger partial charge in [0, 0.05) is 18.7 Å². The van der Waals surface area contributed by atoms with Gasteiger partial charge in [0.2, 0.25) is 5.91 Å². The van der Waals surface area contributed by atoms with Crippen LogP contribution in [0.3, 0.4) is 0 Å². The van der Waals surface area contributed by atoms with Gasteiger partial charge in [-0.1, -0.05) is 0 Å². The summed E-state index contributed by atoms with van der Waals surface area (Å²) in [5.41, 5.74) is 0.811. The average Bonchev–Trinajstić information content (AvgIpc) is 3.05. The zero-order chi connectivity index (χ0) is 15.5. The monoisotopic (exact) mass is 305 g/mol. The van der Waals surface area contributed by atoms with Gasteiger partial charge in [-0.3, -0.25) is 9.59 Å². The number of hydrogen-bond donors (Lipinski definition) is 1. The molecule has 1 atom stereocenters. The smallest absolute Gasteiger partial charge is 0.267 e. The summed E-state index contributed by atoms with van der Waals surface area (Å²) in [5, 5.41) is 7.43. The van der Waals surface area contributed by atoms with E-state index in [1.807, 2.05) is 6.92 Å². The van der Waals surface area contributed by atoms with Gasteiger partial charge >= 0.3 is 0 Å². The number of rotatable bonds is 3. The summed E-state index contributed by atoms with van der Waals surface area (Å²) in [6, 6.07) is 3.65. The zero-order valence-corrected chi connectivity index (χ0v) is 13.0. The lowest BCUT2D eigenvalue weighted by molar-refractivity contribution is -0.131. The average molecular weight is 305 g/mol. The molecule has 120 valence electrons. The number of amides is 1. The van der Waals surface area contributed by atoms with Crippen LogP contribution in [0.4, 0.5) is 0 Å². The quantitative estimate of drug-likeness (QED) is 0.914. The first-order chi connectivity index (χ1) is 10.6. The van der Waals surface area contributed by atoms with E-state index >= 15 is 0 Å². The standard InChI is InChI=1S/C16H23N3O3/c1-11-4-9-15(20)19(18-11)13-7-5-12(6-8-13)17-16(21)14-3-2-10-22-14/h4,9,12-14H,2-3,5-8,10H2,1H3,(H,17,21). The summed E-state index contributed by atoms with van der Waals surface area (Å²) in [4.78, 5) is 24.0. The van der Waals surface area contributed by atoms with Crippen LogP contribution >= 0.6 is 0 Å². The number of hydrogen-bond acceptors (Lipinski definition) is 4.